The molecule has 6 rings (SSSR count). The van der Waals surface area contributed by atoms with Gasteiger partial charge in [-0.2, -0.15) is 4.31 Å². The Labute approximate surface area is 256 Å². The number of carbonyl (C=O) groups is 1. The van der Waals surface area contributed by atoms with Crippen molar-refractivity contribution in [2.45, 2.75) is 55.2 Å². The van der Waals surface area contributed by atoms with Crippen molar-refractivity contribution in [3.8, 4) is 23.0 Å². The summed E-state index contributed by atoms with van der Waals surface area (Å²) in [6.07, 6.45) is 4.21. The highest BCUT2D eigenvalue weighted by Crippen LogP contribution is 2.36. The average Bonchev–Trinajstić information content (AvgIpc) is 3.69. The Balaban J connectivity index is 1.21. The van der Waals surface area contributed by atoms with Gasteiger partial charge in [0, 0.05) is 12.5 Å². The van der Waals surface area contributed by atoms with Crippen LogP contribution in [0.15, 0.2) is 89.8 Å². The number of rotatable bonds is 9. The fraction of sp³-hybridized carbons (Fsp3) is 0.303. The Morgan fingerprint density at radius 1 is 0.814 bits per heavy atom. The molecule has 0 aromatic heterocycles. The molecule has 1 aliphatic carbocycles. The number of sulfonamides is 1. The Bertz CT molecular complexity index is 1720. The summed E-state index contributed by atoms with van der Waals surface area (Å²) in [6.45, 7) is -0.0359. The fourth-order valence-electron chi connectivity index (χ4n) is 5.68. The smallest absolute Gasteiger partial charge is 0.324 e. The van der Waals surface area contributed by atoms with Crippen molar-refractivity contribution >= 4 is 38.4 Å². The van der Waals surface area contributed by atoms with Gasteiger partial charge in [-0.05, 0) is 85.0 Å². The van der Waals surface area contributed by atoms with Gasteiger partial charge >= 0.3 is 5.97 Å². The number of hydrogen-bond donors (Lipinski definition) is 0. The van der Waals surface area contributed by atoms with Crippen molar-refractivity contribution in [3.05, 3.63) is 90.0 Å². The van der Waals surface area contributed by atoms with Crippen molar-refractivity contribution in [1.29, 1.82) is 0 Å². The Morgan fingerprint density at radius 3 is 2.26 bits per heavy atom. The van der Waals surface area contributed by atoms with E-state index in [1.807, 2.05) is 36.4 Å². The van der Waals surface area contributed by atoms with E-state index in [1.54, 1.807) is 48.5 Å². The first-order chi connectivity index (χ1) is 20.8. The number of esters is 1. The highest BCUT2D eigenvalue weighted by Gasteiger charge is 2.45. The number of benzene rings is 4. The zero-order valence-corrected chi connectivity index (χ0v) is 25.2. The lowest BCUT2D eigenvalue weighted by molar-refractivity contribution is -0.144. The SMILES string of the molecule is COC(=O)[C@@H]1C[C@@H](Oc2ccc(Cl)c(Oc3ccccc3)c2)CN1S(=O)(=O)c1ccc2cc(OC3CCCC3)ccc2c1. The molecule has 43 heavy (non-hydrogen) atoms. The molecule has 2 atom stereocenters. The number of hydrogen-bond acceptors (Lipinski definition) is 7. The second-order valence-electron chi connectivity index (χ2n) is 10.8. The first-order valence-electron chi connectivity index (χ1n) is 14.3. The summed E-state index contributed by atoms with van der Waals surface area (Å²) in [5.41, 5.74) is 0. The van der Waals surface area contributed by atoms with Crippen LogP contribution in [-0.4, -0.2) is 50.6 Å². The number of carbonyl (C=O) groups excluding carboxylic acids is 1. The van der Waals surface area contributed by atoms with Crippen LogP contribution in [0.25, 0.3) is 10.8 Å². The molecule has 2 fully saturated rings. The van der Waals surface area contributed by atoms with E-state index in [0.717, 1.165) is 29.4 Å². The van der Waals surface area contributed by atoms with Gasteiger partial charge in [0.05, 0.1) is 29.7 Å². The number of fused-ring (bicyclic) bond motifs is 1. The maximum Gasteiger partial charge on any atom is 0.324 e. The van der Waals surface area contributed by atoms with E-state index in [0.29, 0.717) is 22.3 Å². The van der Waals surface area contributed by atoms with Crippen molar-refractivity contribution in [1.82, 2.24) is 4.31 Å². The second-order valence-corrected chi connectivity index (χ2v) is 13.1. The Morgan fingerprint density at radius 2 is 1.49 bits per heavy atom. The van der Waals surface area contributed by atoms with Gasteiger partial charge in [0.2, 0.25) is 10.0 Å². The number of halogens is 1. The van der Waals surface area contributed by atoms with Gasteiger partial charge in [-0.1, -0.05) is 41.9 Å². The molecule has 2 aliphatic rings. The van der Waals surface area contributed by atoms with Gasteiger partial charge in [0.1, 0.15) is 35.1 Å². The molecular weight excluding hydrogens is 590 g/mol. The van der Waals surface area contributed by atoms with Crippen LogP contribution in [0.4, 0.5) is 0 Å². The minimum Gasteiger partial charge on any atom is -0.490 e. The molecule has 0 spiro atoms. The molecule has 10 heteroatoms. The average molecular weight is 622 g/mol. The third-order valence-corrected chi connectivity index (χ3v) is 10.0. The third-order valence-electron chi connectivity index (χ3n) is 7.86. The largest absolute Gasteiger partial charge is 0.490 e. The number of methoxy groups -OCH3 is 1. The maximum atomic E-state index is 13.9. The van der Waals surface area contributed by atoms with Crippen LogP contribution in [-0.2, 0) is 19.6 Å². The number of para-hydroxylation sites is 1. The van der Waals surface area contributed by atoms with Gasteiger partial charge < -0.3 is 18.9 Å². The predicted molar refractivity (Wildman–Crippen MR) is 164 cm³/mol. The van der Waals surface area contributed by atoms with E-state index in [2.05, 4.69) is 0 Å². The molecule has 0 unspecified atom stereocenters. The second kappa shape index (κ2) is 12.4. The van der Waals surface area contributed by atoms with Crippen LogP contribution in [0.2, 0.25) is 5.02 Å². The van der Waals surface area contributed by atoms with E-state index in [4.69, 9.17) is 30.5 Å². The summed E-state index contributed by atoms with van der Waals surface area (Å²) in [7, 11) is -2.82. The minimum absolute atomic E-state index is 0.0359. The van der Waals surface area contributed by atoms with Crippen molar-refractivity contribution in [2.75, 3.05) is 13.7 Å². The number of ether oxygens (including phenoxy) is 4. The molecule has 224 valence electrons. The van der Waals surface area contributed by atoms with Crippen LogP contribution < -0.4 is 14.2 Å². The van der Waals surface area contributed by atoms with Crippen LogP contribution in [0.5, 0.6) is 23.0 Å². The lowest BCUT2D eigenvalue weighted by Crippen LogP contribution is -2.41. The summed E-state index contributed by atoms with van der Waals surface area (Å²) in [5, 5.41) is 2.03. The molecule has 0 radical (unpaired) electrons. The van der Waals surface area contributed by atoms with Gasteiger partial charge in [0.15, 0.2) is 0 Å². The quantitative estimate of drug-likeness (QED) is 0.186. The first kappa shape index (κ1) is 29.3. The molecule has 0 bridgehead atoms. The topological polar surface area (TPSA) is 91.4 Å². The highest BCUT2D eigenvalue weighted by molar-refractivity contribution is 7.89. The predicted octanol–water partition coefficient (Wildman–Crippen LogP) is 6.99. The van der Waals surface area contributed by atoms with Gasteiger partial charge in [-0.3, -0.25) is 4.79 Å². The summed E-state index contributed by atoms with van der Waals surface area (Å²) in [5.74, 6) is 1.57. The molecule has 1 aliphatic heterocycles. The summed E-state index contributed by atoms with van der Waals surface area (Å²) in [6, 6.07) is 23.7. The standard InChI is InChI=1S/C33H32ClNO7S/c1-39-33(36)31-19-28(41-27-14-16-30(34)32(20-27)42-25-7-3-2-4-8-25)21-35(31)43(37,38)29-15-12-22-17-26(13-11-23(22)18-29)40-24-9-5-6-10-24/h2-4,7-8,11-18,20,24,28,31H,5-6,9-10,19,21H2,1H3/t28-,31+/m1/s1. The van der Waals surface area contributed by atoms with Crippen LogP contribution in [0, 0.1) is 0 Å². The fourth-order valence-corrected chi connectivity index (χ4v) is 7.50. The van der Waals surface area contributed by atoms with E-state index in [9.17, 15) is 13.2 Å². The zero-order valence-electron chi connectivity index (χ0n) is 23.6. The van der Waals surface area contributed by atoms with E-state index >= 15 is 0 Å². The Kier molecular flexibility index (Phi) is 8.47. The molecule has 4 aromatic rings. The Hall–Kier alpha value is -3.79. The first-order valence-corrected chi connectivity index (χ1v) is 16.1. The van der Waals surface area contributed by atoms with E-state index in [1.165, 1.54) is 24.3 Å². The molecule has 1 saturated heterocycles. The molecule has 4 aromatic carbocycles. The molecule has 0 amide bonds. The highest BCUT2D eigenvalue weighted by atomic mass is 35.5. The molecule has 1 saturated carbocycles. The van der Waals surface area contributed by atoms with Crippen LogP contribution >= 0.6 is 11.6 Å². The van der Waals surface area contributed by atoms with E-state index < -0.39 is 28.1 Å². The van der Waals surface area contributed by atoms with Gasteiger partial charge in [-0.25, -0.2) is 8.42 Å². The monoisotopic (exact) mass is 621 g/mol. The van der Waals surface area contributed by atoms with Crippen molar-refractivity contribution in [2.24, 2.45) is 0 Å². The van der Waals surface area contributed by atoms with Crippen LogP contribution in [0.3, 0.4) is 0 Å². The maximum absolute atomic E-state index is 13.9. The zero-order chi connectivity index (χ0) is 30.0. The van der Waals surface area contributed by atoms with E-state index in [-0.39, 0.29) is 24.0 Å². The van der Waals surface area contributed by atoms with Crippen molar-refractivity contribution in [3.63, 3.8) is 0 Å². The lowest BCUT2D eigenvalue weighted by Gasteiger charge is -2.22. The van der Waals surface area contributed by atoms with Gasteiger partial charge in [0.25, 0.3) is 0 Å². The molecular formula is C33H32ClNO7S. The minimum atomic E-state index is -4.07. The summed E-state index contributed by atoms with van der Waals surface area (Å²) < 4.78 is 52.1. The van der Waals surface area contributed by atoms with Gasteiger partial charge in [-0.15, -0.1) is 0 Å². The van der Waals surface area contributed by atoms with Crippen molar-refractivity contribution < 1.29 is 32.2 Å². The normalized spacial score (nSPS) is 19.4. The third kappa shape index (κ3) is 6.44. The summed E-state index contributed by atoms with van der Waals surface area (Å²) in [4.78, 5) is 12.8. The van der Waals surface area contributed by atoms with Crippen LogP contribution in [0.1, 0.15) is 32.1 Å². The molecule has 0 N–H and O–H groups in total. The number of nitrogens with zero attached hydrogens (tertiary/aromatic N) is 1. The summed E-state index contributed by atoms with van der Waals surface area (Å²) >= 11 is 6.35. The molecule has 1 heterocycles. The lowest BCUT2D eigenvalue weighted by atomic mass is 10.1. The molecule has 8 nitrogen and oxygen atoms in total.